The van der Waals surface area contributed by atoms with Gasteiger partial charge in [0.15, 0.2) is 4.47 Å². The Morgan fingerprint density at radius 3 is 2.77 bits per heavy atom. The highest BCUT2D eigenvalue weighted by atomic mass is 35.5. The van der Waals surface area contributed by atoms with Crippen molar-refractivity contribution in [2.45, 2.75) is 6.54 Å². The van der Waals surface area contributed by atoms with Crippen molar-refractivity contribution in [2.24, 2.45) is 0 Å². The molecule has 0 aliphatic rings. The summed E-state index contributed by atoms with van der Waals surface area (Å²) in [6, 6.07) is 14.6. The number of carbonyl (C=O) groups is 1. The maximum Gasteiger partial charge on any atom is 0.339 e. The van der Waals surface area contributed by atoms with Crippen molar-refractivity contribution in [3.8, 4) is 17.3 Å². The van der Waals surface area contributed by atoms with Gasteiger partial charge in [0.1, 0.15) is 6.54 Å². The lowest BCUT2D eigenvalue weighted by atomic mass is 10.2. The van der Waals surface area contributed by atoms with Gasteiger partial charge in [0, 0.05) is 17.8 Å². The van der Waals surface area contributed by atoms with E-state index in [1.807, 2.05) is 36.4 Å². The van der Waals surface area contributed by atoms with E-state index in [4.69, 9.17) is 16.1 Å². The fourth-order valence-corrected chi connectivity index (χ4v) is 4.17. The van der Waals surface area contributed by atoms with E-state index >= 15 is 0 Å². The summed E-state index contributed by atoms with van der Waals surface area (Å²) in [5, 5.41) is 14.7. The number of fused-ring (bicyclic) bond motifs is 1. The molecule has 0 fully saturated rings. The van der Waals surface area contributed by atoms with Gasteiger partial charge in [-0.3, -0.25) is 4.79 Å². The van der Waals surface area contributed by atoms with Gasteiger partial charge in [0.25, 0.3) is 17.1 Å². The summed E-state index contributed by atoms with van der Waals surface area (Å²) < 4.78 is 8.81. The normalized spacial score (nSPS) is 11.2. The third-order valence-corrected chi connectivity index (χ3v) is 5.63. The van der Waals surface area contributed by atoms with Crippen molar-refractivity contribution in [1.82, 2.24) is 19.7 Å². The molecule has 4 heterocycles. The number of ketones is 1. The van der Waals surface area contributed by atoms with Crippen LogP contribution in [0.4, 0.5) is 0 Å². The maximum atomic E-state index is 13.3. The Labute approximate surface area is 178 Å². The van der Waals surface area contributed by atoms with Crippen LogP contribution in [-0.2, 0) is 6.54 Å². The molecule has 0 amide bonds. The van der Waals surface area contributed by atoms with Crippen LogP contribution in [0, 0.1) is 0 Å². The lowest BCUT2D eigenvalue weighted by Crippen LogP contribution is -2.19. The lowest BCUT2D eigenvalue weighted by Gasteiger charge is -1.98. The molecule has 5 aromatic rings. The quantitative estimate of drug-likeness (QED) is 0.333. The number of aromatic nitrogens is 5. The Bertz CT molecular complexity index is 1380. The third kappa shape index (κ3) is 3.14. The second-order valence-corrected chi connectivity index (χ2v) is 8.08. The van der Waals surface area contributed by atoms with E-state index < -0.39 is 5.78 Å². The van der Waals surface area contributed by atoms with Crippen LogP contribution in [0.2, 0.25) is 4.47 Å². The summed E-state index contributed by atoms with van der Waals surface area (Å²) in [6.45, 7) is 0.291. The highest BCUT2D eigenvalue weighted by Gasteiger charge is 2.35. The third-order valence-electron chi connectivity index (χ3n) is 4.53. The molecular formula is C20H13ClN5O3S+. The molecule has 0 bridgehead atoms. The van der Waals surface area contributed by atoms with Crippen molar-refractivity contribution < 1.29 is 18.8 Å². The van der Waals surface area contributed by atoms with Gasteiger partial charge in [-0.1, -0.05) is 53.2 Å². The van der Waals surface area contributed by atoms with Crippen LogP contribution in [0.15, 0.2) is 65.4 Å². The van der Waals surface area contributed by atoms with Gasteiger partial charge in [-0.15, -0.1) is 11.3 Å². The number of nitrogens with zero attached hydrogens (tertiary/aromatic N) is 5. The molecule has 0 radical (unpaired) electrons. The molecule has 0 atom stereocenters. The number of hydrogen-bond acceptors (Lipinski definition) is 7. The van der Waals surface area contributed by atoms with Crippen molar-refractivity contribution in [2.75, 3.05) is 0 Å². The van der Waals surface area contributed by atoms with Gasteiger partial charge in [0.05, 0.1) is 11.1 Å². The number of carbonyl (C=O) groups excluding carboxylic acids is 1. The first-order chi connectivity index (χ1) is 14.6. The minimum Gasteiger partial charge on any atom is -0.474 e. The van der Waals surface area contributed by atoms with Crippen LogP contribution in [-0.4, -0.2) is 30.6 Å². The van der Waals surface area contributed by atoms with Gasteiger partial charge in [-0.25, -0.2) is 9.55 Å². The summed E-state index contributed by atoms with van der Waals surface area (Å²) in [6.07, 6.45) is 3.30. The summed E-state index contributed by atoms with van der Waals surface area (Å²) in [4.78, 5) is 22.4. The number of aromatic hydroxyl groups is 1. The van der Waals surface area contributed by atoms with Crippen molar-refractivity contribution in [1.29, 1.82) is 0 Å². The van der Waals surface area contributed by atoms with Crippen molar-refractivity contribution >= 4 is 34.4 Å². The minimum absolute atomic E-state index is 0.0361. The zero-order valence-electron chi connectivity index (χ0n) is 15.3. The molecule has 1 aromatic carbocycles. The Balaban J connectivity index is 1.61. The fraction of sp³-hybridized carbons (Fsp3) is 0.0500. The molecule has 1 N–H and O–H groups in total. The first-order valence-electron chi connectivity index (χ1n) is 8.87. The van der Waals surface area contributed by atoms with E-state index in [2.05, 4.69) is 15.1 Å². The molecule has 10 heteroatoms. The molecule has 4 aromatic heterocycles. The number of thiazole rings is 1. The van der Waals surface area contributed by atoms with Crippen LogP contribution in [0.25, 0.3) is 17.0 Å². The van der Waals surface area contributed by atoms with E-state index in [1.54, 1.807) is 29.1 Å². The average Bonchev–Trinajstić information content (AvgIpc) is 3.48. The SMILES string of the molecule is O=C(c1nc(-c2ccccc2)no1)c1c(O)[n+]2ccccc2n1Cc1cnc(Cl)s1. The number of benzene rings is 1. The second-order valence-electron chi connectivity index (χ2n) is 6.39. The second kappa shape index (κ2) is 7.36. The largest absolute Gasteiger partial charge is 0.474 e. The van der Waals surface area contributed by atoms with E-state index in [-0.39, 0.29) is 17.5 Å². The number of rotatable bonds is 5. The molecule has 0 aliphatic carbocycles. The number of pyridine rings is 1. The summed E-state index contributed by atoms with van der Waals surface area (Å²) in [5.41, 5.74) is 1.37. The van der Waals surface area contributed by atoms with E-state index in [1.165, 1.54) is 15.7 Å². The van der Waals surface area contributed by atoms with Crippen LogP contribution >= 0.6 is 22.9 Å². The molecule has 0 saturated heterocycles. The first kappa shape index (κ1) is 18.5. The molecule has 8 nitrogen and oxygen atoms in total. The molecule has 0 spiro atoms. The summed E-state index contributed by atoms with van der Waals surface area (Å²) in [7, 11) is 0. The zero-order valence-corrected chi connectivity index (χ0v) is 16.8. The Morgan fingerprint density at radius 2 is 2.00 bits per heavy atom. The predicted octanol–water partition coefficient (Wildman–Crippen LogP) is 3.37. The van der Waals surface area contributed by atoms with Gasteiger partial charge in [-0.05, 0) is 6.07 Å². The van der Waals surface area contributed by atoms with Crippen LogP contribution < -0.4 is 4.40 Å². The monoisotopic (exact) mass is 438 g/mol. The van der Waals surface area contributed by atoms with Crippen molar-refractivity contribution in [3.63, 3.8) is 0 Å². The van der Waals surface area contributed by atoms with Crippen LogP contribution in [0.3, 0.4) is 0 Å². The molecule has 0 unspecified atom stereocenters. The highest BCUT2D eigenvalue weighted by Crippen LogP contribution is 2.25. The van der Waals surface area contributed by atoms with E-state index in [0.29, 0.717) is 22.5 Å². The average molecular weight is 439 g/mol. The van der Waals surface area contributed by atoms with Gasteiger partial charge in [-0.2, -0.15) is 9.38 Å². The number of imidazole rings is 1. The van der Waals surface area contributed by atoms with Crippen molar-refractivity contribution in [3.05, 3.63) is 81.9 Å². The van der Waals surface area contributed by atoms with Crippen LogP contribution in [0.1, 0.15) is 21.3 Å². The first-order valence-corrected chi connectivity index (χ1v) is 10.1. The number of halogens is 1. The molecule has 0 aliphatic heterocycles. The molecule has 148 valence electrons. The van der Waals surface area contributed by atoms with Gasteiger partial charge >= 0.3 is 11.8 Å². The zero-order chi connectivity index (χ0) is 20.7. The summed E-state index contributed by atoms with van der Waals surface area (Å²) in [5.74, 6) is -0.716. The fourth-order valence-electron chi connectivity index (χ4n) is 3.20. The Morgan fingerprint density at radius 1 is 1.20 bits per heavy atom. The predicted molar refractivity (Wildman–Crippen MR) is 109 cm³/mol. The van der Waals surface area contributed by atoms with Gasteiger partial charge < -0.3 is 9.63 Å². The smallest absolute Gasteiger partial charge is 0.339 e. The summed E-state index contributed by atoms with van der Waals surface area (Å²) >= 11 is 7.25. The molecule has 30 heavy (non-hydrogen) atoms. The number of hydrogen-bond donors (Lipinski definition) is 1. The maximum absolute atomic E-state index is 13.3. The lowest BCUT2D eigenvalue weighted by molar-refractivity contribution is -0.521. The van der Waals surface area contributed by atoms with Gasteiger partial charge in [0.2, 0.25) is 5.82 Å². The van der Waals surface area contributed by atoms with E-state index in [9.17, 15) is 9.90 Å². The molecular weight excluding hydrogens is 426 g/mol. The van der Waals surface area contributed by atoms with E-state index in [0.717, 1.165) is 10.4 Å². The minimum atomic E-state index is -0.582. The standard InChI is InChI=1S/C20H12ClN5O3S/c21-20-22-10-13(30-20)11-26-14-8-4-5-9-25(14)19(28)15(26)16(27)18-23-17(24-29-18)12-6-2-1-3-7-12/h1-10H,11H2/p+1. The van der Waals surface area contributed by atoms with Crippen LogP contribution in [0.5, 0.6) is 5.88 Å². The Hall–Kier alpha value is -3.56. The topological polar surface area (TPSA) is 98.1 Å². The molecule has 0 saturated carbocycles. The highest BCUT2D eigenvalue weighted by molar-refractivity contribution is 7.15. The molecule has 5 rings (SSSR count). The Kier molecular flexibility index (Phi) is 4.53.